The lowest BCUT2D eigenvalue weighted by Crippen LogP contribution is -2.57. The number of thiazole rings is 1. The molecule has 1 amide bonds. The zero-order valence-corrected chi connectivity index (χ0v) is 18.6. The first-order valence-electron chi connectivity index (χ1n) is 10.5. The Labute approximate surface area is 172 Å². The standard InChI is InChI=1S/C21H35N3O3S/c1-6-24(7-2)17(27)10-13-18-14(28-19(22-5)23-18)11-15-20(13,3)9-8-16(26)21(15,4)12-25/h13,15-16,25-26H,6-12H2,1-5H3,(H,22,23). The van der Waals surface area contributed by atoms with E-state index in [9.17, 15) is 15.0 Å². The average Bonchev–Trinajstić information content (AvgIpc) is 3.10. The van der Waals surface area contributed by atoms with Crippen molar-refractivity contribution in [2.24, 2.45) is 16.7 Å². The molecule has 1 aromatic heterocycles. The zero-order valence-electron chi connectivity index (χ0n) is 17.8. The van der Waals surface area contributed by atoms with Gasteiger partial charge in [-0.1, -0.05) is 13.8 Å². The van der Waals surface area contributed by atoms with Crippen LogP contribution >= 0.6 is 11.3 Å². The van der Waals surface area contributed by atoms with E-state index in [1.807, 2.05) is 32.7 Å². The summed E-state index contributed by atoms with van der Waals surface area (Å²) in [5.74, 6) is 0.283. The molecule has 2 aliphatic carbocycles. The van der Waals surface area contributed by atoms with E-state index in [0.717, 1.165) is 23.7 Å². The molecule has 0 spiro atoms. The summed E-state index contributed by atoms with van der Waals surface area (Å²) in [6.45, 7) is 9.66. The fourth-order valence-electron chi connectivity index (χ4n) is 5.63. The molecule has 0 radical (unpaired) electrons. The number of rotatable bonds is 6. The van der Waals surface area contributed by atoms with Gasteiger partial charge in [0.1, 0.15) is 0 Å². The summed E-state index contributed by atoms with van der Waals surface area (Å²) in [5, 5.41) is 25.0. The maximum Gasteiger partial charge on any atom is 0.223 e. The molecule has 1 fully saturated rings. The second-order valence-corrected chi connectivity index (χ2v) is 9.96. The molecular formula is C21H35N3O3S. The summed E-state index contributed by atoms with van der Waals surface area (Å²) in [7, 11) is 1.87. The van der Waals surface area contributed by atoms with Crippen molar-refractivity contribution in [1.82, 2.24) is 9.88 Å². The lowest BCUT2D eigenvalue weighted by atomic mass is 9.47. The summed E-state index contributed by atoms with van der Waals surface area (Å²) in [4.78, 5) is 21.0. The number of carbonyl (C=O) groups is 1. The van der Waals surface area contributed by atoms with Gasteiger partial charge < -0.3 is 20.4 Å². The minimum Gasteiger partial charge on any atom is -0.396 e. The van der Waals surface area contributed by atoms with Gasteiger partial charge >= 0.3 is 0 Å². The number of aliphatic hydroxyl groups excluding tert-OH is 2. The van der Waals surface area contributed by atoms with Gasteiger partial charge in [0.05, 0.1) is 18.4 Å². The summed E-state index contributed by atoms with van der Waals surface area (Å²) in [5.41, 5.74) is 0.307. The first-order valence-corrected chi connectivity index (χ1v) is 11.3. The second-order valence-electron chi connectivity index (χ2n) is 8.88. The van der Waals surface area contributed by atoms with Crippen LogP contribution in [0.4, 0.5) is 5.13 Å². The quantitative estimate of drug-likeness (QED) is 0.673. The third kappa shape index (κ3) is 3.25. The van der Waals surface area contributed by atoms with Crippen molar-refractivity contribution >= 4 is 22.4 Å². The number of aromatic nitrogens is 1. The minimum atomic E-state index is -0.565. The Morgan fingerprint density at radius 1 is 1.36 bits per heavy atom. The van der Waals surface area contributed by atoms with Crippen molar-refractivity contribution in [3.63, 3.8) is 0 Å². The molecule has 0 bridgehead atoms. The van der Waals surface area contributed by atoms with Gasteiger partial charge in [0, 0.05) is 42.8 Å². The number of aliphatic hydroxyl groups is 2. The molecule has 3 rings (SSSR count). The largest absolute Gasteiger partial charge is 0.396 e. The molecular weight excluding hydrogens is 374 g/mol. The summed E-state index contributed by atoms with van der Waals surface area (Å²) in [6.07, 6.45) is 2.21. The fraction of sp³-hybridized carbons (Fsp3) is 0.810. The number of nitrogens with zero attached hydrogens (tertiary/aromatic N) is 2. The van der Waals surface area contributed by atoms with Crippen LogP contribution < -0.4 is 5.32 Å². The second kappa shape index (κ2) is 7.92. The van der Waals surface area contributed by atoms with Crippen molar-refractivity contribution in [1.29, 1.82) is 0 Å². The van der Waals surface area contributed by atoms with Crippen LogP contribution in [0.2, 0.25) is 0 Å². The van der Waals surface area contributed by atoms with Crippen LogP contribution in [0, 0.1) is 16.7 Å². The van der Waals surface area contributed by atoms with E-state index in [2.05, 4.69) is 12.2 Å². The third-order valence-electron chi connectivity index (χ3n) is 7.60. The Bertz CT molecular complexity index is 720. The summed E-state index contributed by atoms with van der Waals surface area (Å²) in [6, 6.07) is 0. The van der Waals surface area contributed by atoms with E-state index in [1.54, 1.807) is 11.3 Å². The molecule has 0 saturated heterocycles. The smallest absolute Gasteiger partial charge is 0.223 e. The molecule has 28 heavy (non-hydrogen) atoms. The number of carbonyl (C=O) groups excluding carboxylic acids is 1. The van der Waals surface area contributed by atoms with Crippen molar-refractivity contribution in [2.45, 2.75) is 65.4 Å². The Balaban J connectivity index is 2.07. The molecule has 0 aromatic carbocycles. The SMILES string of the molecule is CCN(CC)C(=O)CC1c2nc(NC)sc2CC2C(C)(CO)C(O)CCC12C. The lowest BCUT2D eigenvalue weighted by molar-refractivity contribution is -0.147. The number of anilines is 1. The van der Waals surface area contributed by atoms with Crippen LogP contribution in [0.5, 0.6) is 0 Å². The molecule has 3 N–H and O–H groups in total. The number of fused-ring (bicyclic) bond motifs is 2. The van der Waals surface area contributed by atoms with Crippen LogP contribution in [0.1, 0.15) is 63.4 Å². The highest BCUT2D eigenvalue weighted by atomic mass is 32.1. The lowest BCUT2D eigenvalue weighted by Gasteiger charge is -2.58. The highest BCUT2D eigenvalue weighted by Gasteiger charge is 2.59. The van der Waals surface area contributed by atoms with Crippen molar-refractivity contribution in [3.05, 3.63) is 10.6 Å². The zero-order chi connectivity index (χ0) is 20.7. The van der Waals surface area contributed by atoms with Crippen LogP contribution in [-0.2, 0) is 11.2 Å². The maximum absolute atomic E-state index is 13.1. The monoisotopic (exact) mass is 409 g/mol. The number of hydrogen-bond donors (Lipinski definition) is 3. The Morgan fingerprint density at radius 3 is 2.61 bits per heavy atom. The van der Waals surface area contributed by atoms with Crippen LogP contribution in [0.25, 0.3) is 0 Å². The minimum absolute atomic E-state index is 0.00562. The van der Waals surface area contributed by atoms with E-state index in [0.29, 0.717) is 25.9 Å². The number of nitrogens with one attached hydrogen (secondary N) is 1. The Morgan fingerprint density at radius 2 is 2.04 bits per heavy atom. The average molecular weight is 410 g/mol. The number of hydrogen-bond acceptors (Lipinski definition) is 6. The normalized spacial score (nSPS) is 34.5. The molecule has 5 atom stereocenters. The van der Waals surface area contributed by atoms with Gasteiger partial charge in [-0.2, -0.15) is 0 Å². The maximum atomic E-state index is 13.1. The van der Waals surface area contributed by atoms with Crippen molar-refractivity contribution in [2.75, 3.05) is 32.1 Å². The summed E-state index contributed by atoms with van der Waals surface area (Å²) < 4.78 is 0. The van der Waals surface area contributed by atoms with Crippen LogP contribution in [0.3, 0.4) is 0 Å². The van der Waals surface area contributed by atoms with E-state index in [4.69, 9.17) is 4.98 Å². The van der Waals surface area contributed by atoms with E-state index in [-0.39, 0.29) is 29.8 Å². The predicted octanol–water partition coefficient (Wildman–Crippen LogP) is 2.86. The molecule has 6 nitrogen and oxygen atoms in total. The fourth-order valence-corrected chi connectivity index (χ4v) is 6.65. The van der Waals surface area contributed by atoms with Gasteiger partial charge in [0.2, 0.25) is 5.91 Å². The third-order valence-corrected chi connectivity index (χ3v) is 8.71. The first-order chi connectivity index (χ1) is 13.2. The van der Waals surface area contributed by atoms with E-state index < -0.39 is 11.5 Å². The summed E-state index contributed by atoms with van der Waals surface area (Å²) >= 11 is 1.64. The Hall–Kier alpha value is -1.18. The number of amides is 1. The van der Waals surface area contributed by atoms with Crippen LogP contribution in [-0.4, -0.2) is 58.9 Å². The predicted molar refractivity (Wildman–Crippen MR) is 113 cm³/mol. The van der Waals surface area contributed by atoms with Gasteiger partial charge in [-0.3, -0.25) is 4.79 Å². The molecule has 7 heteroatoms. The molecule has 158 valence electrons. The van der Waals surface area contributed by atoms with E-state index >= 15 is 0 Å². The highest BCUT2D eigenvalue weighted by molar-refractivity contribution is 7.15. The molecule has 0 aliphatic heterocycles. The van der Waals surface area contributed by atoms with Crippen molar-refractivity contribution in [3.8, 4) is 0 Å². The van der Waals surface area contributed by atoms with Gasteiger partial charge in [-0.05, 0) is 44.4 Å². The molecule has 2 aliphatic rings. The van der Waals surface area contributed by atoms with Crippen LogP contribution in [0.15, 0.2) is 0 Å². The van der Waals surface area contributed by atoms with Crippen molar-refractivity contribution < 1.29 is 15.0 Å². The van der Waals surface area contributed by atoms with Gasteiger partial charge in [0.25, 0.3) is 0 Å². The Kier molecular flexibility index (Phi) is 6.09. The molecule has 1 aromatic rings. The highest BCUT2D eigenvalue weighted by Crippen LogP contribution is 2.62. The van der Waals surface area contributed by atoms with Gasteiger partial charge in [-0.25, -0.2) is 4.98 Å². The van der Waals surface area contributed by atoms with Gasteiger partial charge in [-0.15, -0.1) is 11.3 Å². The first kappa shape index (κ1) is 21.5. The van der Waals surface area contributed by atoms with E-state index in [1.165, 1.54) is 4.88 Å². The molecule has 5 unspecified atom stereocenters. The molecule has 1 heterocycles. The molecule has 1 saturated carbocycles. The van der Waals surface area contributed by atoms with Gasteiger partial charge in [0.15, 0.2) is 5.13 Å². The topological polar surface area (TPSA) is 85.7 Å².